The lowest BCUT2D eigenvalue weighted by atomic mass is 10.0. The van der Waals surface area contributed by atoms with E-state index >= 15 is 0 Å². The largest absolute Gasteiger partial charge is 0.416 e. The van der Waals surface area contributed by atoms with Crippen molar-refractivity contribution in [1.82, 2.24) is 19.4 Å². The van der Waals surface area contributed by atoms with Gasteiger partial charge >= 0.3 is 11.9 Å². The molecular weight excluding hydrogens is 592 g/mol. The van der Waals surface area contributed by atoms with E-state index in [9.17, 15) is 31.2 Å². The van der Waals surface area contributed by atoms with Gasteiger partial charge in [-0.2, -0.15) is 13.2 Å². The van der Waals surface area contributed by atoms with E-state index in [0.717, 1.165) is 32.0 Å². The second-order valence-corrected chi connectivity index (χ2v) is 13.2. The SMILES string of the molecule is CCS(=O)(=O)c1ccc(Cl)cc1Cn1c(=O)[nH]c2c(Cl)c(CN3CCN4CCC[C@H]4C3)c(C(F)(F)F)cc2c1=O. The molecule has 0 unspecified atom stereocenters. The van der Waals surface area contributed by atoms with Crippen LogP contribution in [-0.4, -0.2) is 65.7 Å². The average molecular weight is 619 g/mol. The standard InChI is InChI=1S/C26H27Cl2F3N4O4S/c1-2-40(38,39)21-6-5-16(27)10-15(21)12-35-24(36)18-11-20(26(29,30)31)19(22(28)23(18)32-25(35)37)14-33-8-9-34-7-3-4-17(34)13-33/h5-6,10-11,17H,2-4,7-9,12-14H2,1H3,(H,32,37)/t17-/m0/s1. The van der Waals surface area contributed by atoms with E-state index in [4.69, 9.17) is 23.2 Å². The van der Waals surface area contributed by atoms with Gasteiger partial charge in [-0.1, -0.05) is 30.1 Å². The summed E-state index contributed by atoms with van der Waals surface area (Å²) in [6.45, 7) is 3.74. The fourth-order valence-corrected chi connectivity index (χ4v) is 7.28. The normalized spacial score (nSPS) is 18.9. The predicted octanol–water partition coefficient (Wildman–Crippen LogP) is 4.14. The van der Waals surface area contributed by atoms with Crippen molar-refractivity contribution < 1.29 is 21.6 Å². The molecule has 2 aromatic carbocycles. The number of nitrogens with zero attached hydrogens (tertiary/aromatic N) is 3. The summed E-state index contributed by atoms with van der Waals surface area (Å²) in [6, 6.07) is 4.94. The van der Waals surface area contributed by atoms with Gasteiger partial charge in [0.05, 0.1) is 38.7 Å². The minimum Gasteiger partial charge on any atom is -0.305 e. The first kappa shape index (κ1) is 29.1. The zero-order valence-electron chi connectivity index (χ0n) is 21.5. The molecule has 1 aromatic heterocycles. The first-order valence-corrected chi connectivity index (χ1v) is 15.2. The quantitative estimate of drug-likeness (QED) is 0.446. The molecule has 0 saturated carbocycles. The number of alkyl halides is 3. The minimum absolute atomic E-state index is 0.0612. The van der Waals surface area contributed by atoms with Crippen LogP contribution in [0.4, 0.5) is 13.2 Å². The maximum atomic E-state index is 14.3. The van der Waals surface area contributed by atoms with Crippen molar-refractivity contribution >= 4 is 43.9 Å². The van der Waals surface area contributed by atoms with E-state index in [0.29, 0.717) is 17.7 Å². The van der Waals surface area contributed by atoms with Crippen molar-refractivity contribution in [2.45, 2.75) is 50.0 Å². The number of benzene rings is 2. The molecule has 2 saturated heterocycles. The first-order valence-electron chi connectivity index (χ1n) is 12.8. The van der Waals surface area contributed by atoms with Gasteiger partial charge in [0.1, 0.15) is 0 Å². The predicted molar refractivity (Wildman–Crippen MR) is 147 cm³/mol. The van der Waals surface area contributed by atoms with E-state index in [2.05, 4.69) is 9.88 Å². The molecule has 3 heterocycles. The number of hydrogen-bond donors (Lipinski definition) is 1. The topological polar surface area (TPSA) is 95.5 Å². The maximum Gasteiger partial charge on any atom is 0.416 e. The summed E-state index contributed by atoms with van der Waals surface area (Å²) in [4.78, 5) is 33.1. The Morgan fingerprint density at radius 1 is 1.07 bits per heavy atom. The number of piperazine rings is 1. The first-order chi connectivity index (χ1) is 18.8. The van der Waals surface area contributed by atoms with Crippen molar-refractivity contribution in [1.29, 1.82) is 0 Å². The number of H-pyrrole nitrogens is 1. The van der Waals surface area contributed by atoms with Gasteiger partial charge in [-0.05, 0) is 54.8 Å². The molecule has 2 aliphatic rings. The Balaban J connectivity index is 1.61. The molecule has 0 radical (unpaired) electrons. The Labute approximate surface area is 238 Å². The number of nitrogens with one attached hydrogen (secondary N) is 1. The van der Waals surface area contributed by atoms with Gasteiger partial charge in [-0.15, -0.1) is 0 Å². The van der Waals surface area contributed by atoms with Gasteiger partial charge in [-0.3, -0.25) is 19.2 Å². The molecule has 0 spiro atoms. The number of fused-ring (bicyclic) bond motifs is 2. The van der Waals surface area contributed by atoms with Crippen LogP contribution in [0.3, 0.4) is 0 Å². The van der Waals surface area contributed by atoms with Crippen molar-refractivity contribution in [3.05, 3.63) is 71.8 Å². The fourth-order valence-electron chi connectivity index (χ4n) is 5.67. The lowest BCUT2D eigenvalue weighted by Gasteiger charge is -2.38. The highest BCUT2D eigenvalue weighted by molar-refractivity contribution is 7.91. The Morgan fingerprint density at radius 3 is 2.52 bits per heavy atom. The summed E-state index contributed by atoms with van der Waals surface area (Å²) in [5.74, 6) is -0.242. The molecule has 8 nitrogen and oxygen atoms in total. The van der Waals surface area contributed by atoms with Crippen LogP contribution in [0, 0.1) is 0 Å². The number of aromatic nitrogens is 2. The van der Waals surface area contributed by atoms with Gasteiger partial charge in [0.25, 0.3) is 5.56 Å². The summed E-state index contributed by atoms with van der Waals surface area (Å²) in [5, 5.41) is -0.596. The zero-order valence-corrected chi connectivity index (χ0v) is 23.9. The Kier molecular flexibility index (Phi) is 7.86. The van der Waals surface area contributed by atoms with E-state index < -0.39 is 44.8 Å². The van der Waals surface area contributed by atoms with Crippen molar-refractivity contribution in [3.8, 4) is 0 Å². The Morgan fingerprint density at radius 2 is 1.82 bits per heavy atom. The van der Waals surface area contributed by atoms with Crippen LogP contribution in [0.2, 0.25) is 10.0 Å². The van der Waals surface area contributed by atoms with E-state index in [1.807, 2.05) is 4.90 Å². The summed E-state index contributed by atoms with van der Waals surface area (Å²) in [7, 11) is -3.76. The number of rotatable bonds is 6. The van der Waals surface area contributed by atoms with Crippen LogP contribution >= 0.6 is 23.2 Å². The molecular formula is C26H27Cl2F3N4O4S. The van der Waals surface area contributed by atoms with E-state index in [1.54, 1.807) is 0 Å². The third kappa shape index (κ3) is 5.44. The Hall–Kier alpha value is -2.38. The molecule has 0 amide bonds. The molecule has 14 heteroatoms. The van der Waals surface area contributed by atoms with Gasteiger partial charge < -0.3 is 4.98 Å². The van der Waals surface area contributed by atoms with Crippen LogP contribution in [0.15, 0.2) is 38.8 Å². The molecule has 2 fully saturated rings. The second kappa shape index (κ2) is 10.8. The molecule has 40 heavy (non-hydrogen) atoms. The van der Waals surface area contributed by atoms with Crippen LogP contribution in [0.5, 0.6) is 0 Å². The summed E-state index contributed by atoms with van der Waals surface area (Å²) < 4.78 is 68.8. The second-order valence-electron chi connectivity index (χ2n) is 10.2. The Bertz CT molecular complexity index is 1710. The third-order valence-corrected chi connectivity index (χ3v) is 10.2. The minimum atomic E-state index is -4.81. The van der Waals surface area contributed by atoms with E-state index in [-0.39, 0.29) is 49.9 Å². The van der Waals surface area contributed by atoms with Gasteiger partial charge in [0.15, 0.2) is 9.84 Å². The van der Waals surface area contributed by atoms with Crippen LogP contribution in [0.1, 0.15) is 36.5 Å². The summed E-state index contributed by atoms with van der Waals surface area (Å²) in [5.41, 5.74) is -3.35. The smallest absolute Gasteiger partial charge is 0.305 e. The van der Waals surface area contributed by atoms with Gasteiger partial charge in [0.2, 0.25) is 0 Å². The van der Waals surface area contributed by atoms with Crippen LogP contribution < -0.4 is 11.2 Å². The summed E-state index contributed by atoms with van der Waals surface area (Å²) in [6.07, 6.45) is -2.78. The fraction of sp³-hybridized carbons (Fsp3) is 0.462. The van der Waals surface area contributed by atoms with Crippen molar-refractivity contribution in [2.75, 3.05) is 31.9 Å². The molecule has 0 bridgehead atoms. The van der Waals surface area contributed by atoms with E-state index in [1.165, 1.54) is 25.1 Å². The lowest BCUT2D eigenvalue weighted by Crippen LogP contribution is -2.49. The molecule has 2 aliphatic heterocycles. The summed E-state index contributed by atoms with van der Waals surface area (Å²) >= 11 is 12.6. The highest BCUT2D eigenvalue weighted by Crippen LogP contribution is 2.39. The molecule has 3 aromatic rings. The van der Waals surface area contributed by atoms with Gasteiger partial charge in [-0.25, -0.2) is 13.2 Å². The average Bonchev–Trinajstić information content (AvgIpc) is 3.35. The highest BCUT2D eigenvalue weighted by Gasteiger charge is 2.38. The molecule has 1 N–H and O–H groups in total. The molecule has 216 valence electrons. The highest BCUT2D eigenvalue weighted by atomic mass is 35.5. The maximum absolute atomic E-state index is 14.3. The third-order valence-electron chi connectivity index (χ3n) is 7.74. The monoisotopic (exact) mass is 618 g/mol. The molecule has 1 atom stereocenters. The zero-order chi connectivity index (χ0) is 29.0. The van der Waals surface area contributed by atoms with Gasteiger partial charge in [0, 0.05) is 37.2 Å². The molecule has 0 aliphatic carbocycles. The number of sulfone groups is 1. The molecule has 5 rings (SSSR count). The number of hydrogen-bond acceptors (Lipinski definition) is 6. The lowest BCUT2D eigenvalue weighted by molar-refractivity contribution is -0.138. The number of aromatic amines is 1. The van der Waals surface area contributed by atoms with Crippen LogP contribution in [0.25, 0.3) is 10.9 Å². The van der Waals surface area contributed by atoms with Crippen molar-refractivity contribution in [3.63, 3.8) is 0 Å². The van der Waals surface area contributed by atoms with Crippen LogP contribution in [-0.2, 0) is 29.1 Å². The van der Waals surface area contributed by atoms with Crippen molar-refractivity contribution in [2.24, 2.45) is 0 Å². The number of halogens is 5.